The Morgan fingerprint density at radius 1 is 0.714 bits per heavy atom. The summed E-state index contributed by atoms with van der Waals surface area (Å²) in [5.74, 6) is 1.46. The Labute approximate surface area is 182 Å². The van der Waals surface area contributed by atoms with E-state index >= 15 is 0 Å². The number of nitrogens with zero attached hydrogens (tertiary/aromatic N) is 1. The third-order valence-electron chi connectivity index (χ3n) is 4.96. The van der Waals surface area contributed by atoms with Gasteiger partial charge in [-0.15, -0.1) is 0 Å². The van der Waals surface area contributed by atoms with Gasteiger partial charge < -0.3 is 33.5 Å². The van der Waals surface area contributed by atoms with Gasteiger partial charge in [-0.05, 0) is 29.8 Å². The molecule has 0 N–H and O–H groups in total. The largest absolute Gasteiger partial charge is 1.00 e. The molecule has 0 atom stereocenters. The number of hydrogen-bond donors (Lipinski definition) is 0. The van der Waals surface area contributed by atoms with E-state index in [9.17, 15) is 0 Å². The van der Waals surface area contributed by atoms with Crippen molar-refractivity contribution in [3.63, 3.8) is 0 Å². The molecule has 3 aromatic carbocycles. The summed E-state index contributed by atoms with van der Waals surface area (Å²) >= 11 is 0. The molecule has 0 aliphatic carbocycles. The lowest BCUT2D eigenvalue weighted by molar-refractivity contribution is -0.617. The number of hydrogen-bond acceptors (Lipinski definition) is 2. The summed E-state index contributed by atoms with van der Waals surface area (Å²) in [5.41, 5.74) is 4.70. The molecule has 0 aliphatic heterocycles. The number of pyridine rings is 1. The van der Waals surface area contributed by atoms with Gasteiger partial charge in [0.1, 0.15) is 7.05 Å². The molecule has 0 aliphatic rings. The zero-order valence-electron chi connectivity index (χ0n) is 16.1. The van der Waals surface area contributed by atoms with E-state index < -0.39 is 0 Å². The Balaban J connectivity index is 0.00000225. The van der Waals surface area contributed by atoms with E-state index in [4.69, 9.17) is 9.47 Å². The smallest absolute Gasteiger partial charge is 0.213 e. The number of aromatic nitrogens is 1. The molecule has 0 spiro atoms. The van der Waals surface area contributed by atoms with Crippen LogP contribution in [0, 0.1) is 0 Å². The predicted octanol–water partition coefficient (Wildman–Crippen LogP) is 2.01. The lowest BCUT2D eigenvalue weighted by Crippen LogP contribution is -3.00. The number of benzene rings is 3. The van der Waals surface area contributed by atoms with Crippen molar-refractivity contribution >= 4 is 34.0 Å². The summed E-state index contributed by atoms with van der Waals surface area (Å²) in [6.07, 6.45) is 4.31. The topological polar surface area (TPSA) is 22.3 Å². The Kier molecular flexibility index (Phi) is 6.19. The van der Waals surface area contributed by atoms with Gasteiger partial charge in [0.25, 0.3) is 0 Å². The number of fused-ring (bicyclic) bond motifs is 2. The Bertz CT molecular complexity index is 1110. The van der Waals surface area contributed by atoms with Crippen LogP contribution in [-0.4, -0.2) is 14.2 Å². The van der Waals surface area contributed by atoms with Crippen molar-refractivity contribution in [3.05, 3.63) is 77.9 Å². The third-order valence-corrected chi connectivity index (χ3v) is 4.96. The first-order valence-corrected chi connectivity index (χ1v) is 8.92. The maximum absolute atomic E-state index is 5.42. The van der Waals surface area contributed by atoms with Crippen molar-refractivity contribution in [2.75, 3.05) is 14.2 Å². The average molecular weight is 483 g/mol. The molecule has 142 valence electrons. The molecule has 3 nitrogen and oxygen atoms in total. The first-order valence-electron chi connectivity index (χ1n) is 8.92. The molecule has 28 heavy (non-hydrogen) atoms. The van der Waals surface area contributed by atoms with E-state index in [2.05, 4.69) is 72.3 Å². The number of methoxy groups -OCH3 is 2. The highest BCUT2D eigenvalue weighted by molar-refractivity contribution is 6.01. The van der Waals surface area contributed by atoms with Gasteiger partial charge in [-0.3, -0.25) is 0 Å². The van der Waals surface area contributed by atoms with Gasteiger partial charge >= 0.3 is 0 Å². The van der Waals surface area contributed by atoms with Crippen LogP contribution < -0.4 is 38.0 Å². The summed E-state index contributed by atoms with van der Waals surface area (Å²) in [7, 11) is 5.42. The molecule has 0 radical (unpaired) electrons. The third kappa shape index (κ3) is 3.56. The van der Waals surface area contributed by atoms with Gasteiger partial charge in [0.05, 0.1) is 25.0 Å². The number of para-hydroxylation sites is 2. The Morgan fingerprint density at radius 3 is 1.86 bits per heavy atom. The first-order chi connectivity index (χ1) is 13.2. The van der Waals surface area contributed by atoms with Crippen LogP contribution in [0.4, 0.5) is 0 Å². The van der Waals surface area contributed by atoms with Crippen LogP contribution in [0.5, 0.6) is 11.5 Å². The van der Waals surface area contributed by atoms with Crippen molar-refractivity contribution in [3.8, 4) is 11.5 Å². The minimum atomic E-state index is 0. The van der Waals surface area contributed by atoms with Crippen molar-refractivity contribution in [1.82, 2.24) is 0 Å². The molecule has 0 amide bonds. The fraction of sp³-hybridized carbons (Fsp3) is 0.125. The summed E-state index contributed by atoms with van der Waals surface area (Å²) in [6, 6.07) is 23.0. The highest BCUT2D eigenvalue weighted by atomic mass is 127. The highest BCUT2D eigenvalue weighted by Gasteiger charge is 2.15. The fourth-order valence-corrected chi connectivity index (χ4v) is 3.58. The second-order valence-electron chi connectivity index (χ2n) is 6.45. The summed E-state index contributed by atoms with van der Waals surface area (Å²) in [6.45, 7) is 0. The second-order valence-corrected chi connectivity index (χ2v) is 6.45. The average Bonchev–Trinajstić information content (AvgIpc) is 2.73. The first kappa shape index (κ1) is 20.1. The van der Waals surface area contributed by atoms with Gasteiger partial charge in [-0.1, -0.05) is 42.5 Å². The van der Waals surface area contributed by atoms with E-state index in [0.29, 0.717) is 0 Å². The number of ether oxygens (including phenoxy) is 2. The number of halogens is 1. The fourth-order valence-electron chi connectivity index (χ4n) is 3.58. The van der Waals surface area contributed by atoms with Crippen molar-refractivity contribution < 1.29 is 38.0 Å². The molecule has 0 unspecified atom stereocenters. The SMILES string of the molecule is COc1ccc(/C=C/c2c3ccccc3[n+](C)c3ccccc23)cc1OC.[I-]. The molecule has 1 heterocycles. The molecule has 0 saturated heterocycles. The summed E-state index contributed by atoms with van der Waals surface area (Å²) < 4.78 is 13.0. The van der Waals surface area contributed by atoms with Gasteiger partial charge in [-0.2, -0.15) is 4.57 Å². The summed E-state index contributed by atoms with van der Waals surface area (Å²) in [5, 5.41) is 2.46. The van der Waals surface area contributed by atoms with Crippen LogP contribution >= 0.6 is 0 Å². The number of rotatable bonds is 4. The van der Waals surface area contributed by atoms with E-state index in [1.165, 1.54) is 27.4 Å². The second kappa shape index (κ2) is 8.61. The van der Waals surface area contributed by atoms with Crippen molar-refractivity contribution in [2.24, 2.45) is 7.05 Å². The summed E-state index contributed by atoms with van der Waals surface area (Å²) in [4.78, 5) is 0. The minimum Gasteiger partial charge on any atom is -1.00 e. The molecule has 4 aromatic rings. The molecule has 4 heteroatoms. The Hall–Kier alpha value is -2.60. The molecule has 0 saturated carbocycles. The van der Waals surface area contributed by atoms with Gasteiger partial charge in [-0.25, -0.2) is 0 Å². The zero-order valence-corrected chi connectivity index (χ0v) is 18.3. The molecular formula is C24H22INO2. The van der Waals surface area contributed by atoms with E-state index in [-0.39, 0.29) is 24.0 Å². The molecule has 4 rings (SSSR count). The van der Waals surface area contributed by atoms with Crippen LogP contribution in [0.2, 0.25) is 0 Å². The van der Waals surface area contributed by atoms with Crippen LogP contribution in [0.1, 0.15) is 11.1 Å². The highest BCUT2D eigenvalue weighted by Crippen LogP contribution is 2.30. The van der Waals surface area contributed by atoms with Crippen molar-refractivity contribution in [2.45, 2.75) is 0 Å². The van der Waals surface area contributed by atoms with E-state index in [0.717, 1.165) is 17.1 Å². The quantitative estimate of drug-likeness (QED) is 0.252. The van der Waals surface area contributed by atoms with Gasteiger partial charge in [0.2, 0.25) is 11.0 Å². The lowest BCUT2D eigenvalue weighted by atomic mass is 10.0. The maximum atomic E-state index is 5.42. The van der Waals surface area contributed by atoms with E-state index in [1.54, 1.807) is 14.2 Å². The minimum absolute atomic E-state index is 0. The van der Waals surface area contributed by atoms with Crippen molar-refractivity contribution in [1.29, 1.82) is 0 Å². The number of aryl methyl sites for hydroxylation is 1. The van der Waals surface area contributed by atoms with Gasteiger partial charge in [0.15, 0.2) is 11.5 Å². The van der Waals surface area contributed by atoms with Crippen LogP contribution in [0.3, 0.4) is 0 Å². The zero-order chi connectivity index (χ0) is 18.8. The van der Waals surface area contributed by atoms with Crippen LogP contribution in [0.25, 0.3) is 34.0 Å². The monoisotopic (exact) mass is 483 g/mol. The van der Waals surface area contributed by atoms with E-state index in [1.807, 2.05) is 18.2 Å². The van der Waals surface area contributed by atoms with Crippen LogP contribution in [-0.2, 0) is 7.05 Å². The Morgan fingerprint density at radius 2 is 1.29 bits per heavy atom. The normalized spacial score (nSPS) is 11.0. The maximum Gasteiger partial charge on any atom is 0.213 e. The standard InChI is InChI=1S/C24H22NO2.HI/c1-25-21-10-6-4-8-19(21)18(20-9-5-7-11-22(20)25)14-12-17-13-15-23(26-2)24(16-17)27-3;/h4-16H,1-3H3;1H/q+1;/p-1/b14-12+;. The lowest BCUT2D eigenvalue weighted by Gasteiger charge is -2.08. The molecule has 0 bridgehead atoms. The molecule has 0 fully saturated rings. The molecular weight excluding hydrogens is 461 g/mol. The molecule has 1 aromatic heterocycles. The predicted molar refractivity (Wildman–Crippen MR) is 111 cm³/mol. The van der Waals surface area contributed by atoms with Crippen LogP contribution in [0.15, 0.2) is 66.7 Å². The van der Waals surface area contributed by atoms with Gasteiger partial charge in [0, 0.05) is 17.7 Å².